The van der Waals surface area contributed by atoms with Crippen molar-refractivity contribution in [2.24, 2.45) is 0 Å². The molecule has 0 saturated heterocycles. The molecule has 11 heavy (non-hydrogen) atoms. The summed E-state index contributed by atoms with van der Waals surface area (Å²) in [7, 11) is -1.07. The van der Waals surface area contributed by atoms with Crippen LogP contribution in [0.4, 0.5) is 0 Å². The third kappa shape index (κ3) is 2.29. The van der Waals surface area contributed by atoms with Crippen LogP contribution >= 0.6 is 0 Å². The van der Waals surface area contributed by atoms with Gasteiger partial charge in [-0.15, -0.1) is 0 Å². The summed E-state index contributed by atoms with van der Waals surface area (Å²) in [6.45, 7) is 7.01. The van der Waals surface area contributed by atoms with Gasteiger partial charge in [-0.2, -0.15) is 0 Å². The van der Waals surface area contributed by atoms with E-state index in [1.807, 2.05) is 6.08 Å². The quantitative estimate of drug-likeness (QED) is 0.550. The van der Waals surface area contributed by atoms with Crippen molar-refractivity contribution >= 4 is 13.9 Å². The predicted molar refractivity (Wildman–Crippen MR) is 50.5 cm³/mol. The highest BCUT2D eigenvalue weighted by atomic mass is 28.3. The maximum Gasteiger partial charge on any atom is 0.155 e. The fraction of sp³-hybridized carbons (Fsp3) is 0.667. The summed E-state index contributed by atoms with van der Waals surface area (Å²) in [5.41, 5.74) is 0.681. The van der Waals surface area contributed by atoms with Gasteiger partial charge in [-0.25, -0.2) is 0 Å². The van der Waals surface area contributed by atoms with Gasteiger partial charge in [-0.05, 0) is 18.0 Å². The standard InChI is InChI=1S/C9H16OSi/c1-11(2,3)9-6-4-5-8(10)7-9/h4-5,9H,6-7H2,1-3H3. The van der Waals surface area contributed by atoms with Crippen LogP contribution in [0.3, 0.4) is 0 Å². The average Bonchev–Trinajstić information content (AvgIpc) is 1.86. The Labute approximate surface area is 69.5 Å². The van der Waals surface area contributed by atoms with E-state index in [0.29, 0.717) is 11.3 Å². The zero-order valence-corrected chi connectivity index (χ0v) is 8.55. The Balaban J connectivity index is 2.64. The van der Waals surface area contributed by atoms with Gasteiger partial charge in [0.1, 0.15) is 0 Å². The zero-order valence-electron chi connectivity index (χ0n) is 7.55. The minimum absolute atomic E-state index is 0.323. The van der Waals surface area contributed by atoms with E-state index in [1.54, 1.807) is 6.08 Å². The molecule has 0 aromatic rings. The summed E-state index contributed by atoms with van der Waals surface area (Å²) in [4.78, 5) is 11.1. The van der Waals surface area contributed by atoms with Gasteiger partial charge in [-0.1, -0.05) is 25.7 Å². The fourth-order valence-corrected chi connectivity index (χ4v) is 3.07. The number of hydrogen-bond acceptors (Lipinski definition) is 1. The minimum Gasteiger partial charge on any atom is -0.295 e. The Morgan fingerprint density at radius 3 is 2.45 bits per heavy atom. The highest BCUT2D eigenvalue weighted by Crippen LogP contribution is 2.32. The maximum absolute atomic E-state index is 11.1. The van der Waals surface area contributed by atoms with E-state index in [4.69, 9.17) is 0 Å². The molecule has 1 aliphatic rings. The van der Waals surface area contributed by atoms with Gasteiger partial charge in [0.25, 0.3) is 0 Å². The normalized spacial score (nSPS) is 25.7. The number of carbonyl (C=O) groups excluding carboxylic acids is 1. The van der Waals surface area contributed by atoms with Gasteiger partial charge >= 0.3 is 0 Å². The smallest absolute Gasteiger partial charge is 0.155 e. The Hall–Kier alpha value is -0.373. The summed E-state index contributed by atoms with van der Waals surface area (Å²) in [5, 5.41) is 0. The lowest BCUT2D eigenvalue weighted by Crippen LogP contribution is -2.30. The summed E-state index contributed by atoms with van der Waals surface area (Å²) in [5.74, 6) is 0.323. The lowest BCUT2D eigenvalue weighted by molar-refractivity contribution is -0.114. The monoisotopic (exact) mass is 168 g/mol. The van der Waals surface area contributed by atoms with E-state index in [9.17, 15) is 4.79 Å². The van der Waals surface area contributed by atoms with Crippen LogP contribution in [0.25, 0.3) is 0 Å². The second-order valence-corrected chi connectivity index (χ2v) is 9.92. The lowest BCUT2D eigenvalue weighted by atomic mass is 10.1. The molecular weight excluding hydrogens is 152 g/mol. The lowest BCUT2D eigenvalue weighted by Gasteiger charge is -2.28. The molecule has 0 heterocycles. The van der Waals surface area contributed by atoms with Crippen LogP contribution in [0.1, 0.15) is 12.8 Å². The summed E-state index contributed by atoms with van der Waals surface area (Å²) in [6, 6.07) is 0. The van der Waals surface area contributed by atoms with Crippen molar-refractivity contribution in [1.82, 2.24) is 0 Å². The predicted octanol–water partition coefficient (Wildman–Crippen LogP) is 2.61. The second kappa shape index (κ2) is 2.93. The largest absolute Gasteiger partial charge is 0.295 e. The van der Waals surface area contributed by atoms with Crippen molar-refractivity contribution in [3.63, 3.8) is 0 Å². The van der Waals surface area contributed by atoms with Crippen molar-refractivity contribution in [3.05, 3.63) is 12.2 Å². The third-order valence-corrected chi connectivity index (χ3v) is 5.29. The first-order valence-corrected chi connectivity index (χ1v) is 7.77. The Morgan fingerprint density at radius 1 is 1.45 bits per heavy atom. The van der Waals surface area contributed by atoms with E-state index in [-0.39, 0.29) is 0 Å². The number of hydrogen-bond donors (Lipinski definition) is 0. The second-order valence-electron chi connectivity index (χ2n) is 4.37. The molecule has 1 atom stereocenters. The molecule has 0 radical (unpaired) electrons. The van der Waals surface area contributed by atoms with Crippen molar-refractivity contribution in [2.75, 3.05) is 0 Å². The molecule has 2 heteroatoms. The van der Waals surface area contributed by atoms with Crippen LogP contribution < -0.4 is 0 Å². The SMILES string of the molecule is C[Si](C)(C)C1CC=CC(=O)C1. The molecule has 1 nitrogen and oxygen atoms in total. The highest BCUT2D eigenvalue weighted by molar-refractivity contribution is 6.77. The molecule has 0 aliphatic heterocycles. The highest BCUT2D eigenvalue weighted by Gasteiger charge is 2.28. The summed E-state index contributed by atoms with van der Waals surface area (Å²) >= 11 is 0. The minimum atomic E-state index is -1.07. The molecule has 0 aromatic heterocycles. The molecule has 1 aliphatic carbocycles. The van der Waals surface area contributed by atoms with Crippen LogP contribution in [0, 0.1) is 0 Å². The van der Waals surface area contributed by atoms with E-state index in [1.165, 1.54) is 0 Å². The first-order chi connectivity index (χ1) is 5.00. The van der Waals surface area contributed by atoms with E-state index in [2.05, 4.69) is 19.6 Å². The van der Waals surface area contributed by atoms with Gasteiger partial charge in [0.05, 0.1) is 0 Å². The first kappa shape index (κ1) is 8.72. The molecule has 0 aromatic carbocycles. The van der Waals surface area contributed by atoms with Gasteiger partial charge in [0.15, 0.2) is 5.78 Å². The van der Waals surface area contributed by atoms with Crippen molar-refractivity contribution in [2.45, 2.75) is 38.0 Å². The molecule has 0 spiro atoms. The van der Waals surface area contributed by atoms with E-state index >= 15 is 0 Å². The van der Waals surface area contributed by atoms with E-state index in [0.717, 1.165) is 12.8 Å². The number of rotatable bonds is 1. The Morgan fingerprint density at radius 2 is 2.09 bits per heavy atom. The number of carbonyl (C=O) groups is 1. The van der Waals surface area contributed by atoms with Crippen LogP contribution in [-0.2, 0) is 4.79 Å². The molecular formula is C9H16OSi. The number of ketones is 1. The number of allylic oxidation sites excluding steroid dienone is 2. The third-order valence-electron chi connectivity index (χ3n) is 2.40. The molecule has 0 bridgehead atoms. The first-order valence-electron chi connectivity index (χ1n) is 4.19. The summed E-state index contributed by atoms with van der Waals surface area (Å²) in [6.07, 6.45) is 5.69. The Kier molecular flexibility index (Phi) is 2.33. The average molecular weight is 168 g/mol. The van der Waals surface area contributed by atoms with Crippen molar-refractivity contribution in [1.29, 1.82) is 0 Å². The molecule has 1 rings (SSSR count). The molecule has 0 N–H and O–H groups in total. The van der Waals surface area contributed by atoms with Crippen LogP contribution in [-0.4, -0.2) is 13.9 Å². The van der Waals surface area contributed by atoms with Gasteiger partial charge in [0, 0.05) is 14.5 Å². The molecule has 0 saturated carbocycles. The Bertz CT molecular complexity index is 188. The maximum atomic E-state index is 11.1. The van der Waals surface area contributed by atoms with Crippen LogP contribution in [0.2, 0.25) is 25.2 Å². The fourth-order valence-electron chi connectivity index (χ4n) is 1.42. The van der Waals surface area contributed by atoms with Crippen LogP contribution in [0.15, 0.2) is 12.2 Å². The zero-order chi connectivity index (χ0) is 8.48. The van der Waals surface area contributed by atoms with Gasteiger partial charge in [-0.3, -0.25) is 4.79 Å². The molecule has 62 valence electrons. The van der Waals surface area contributed by atoms with Crippen molar-refractivity contribution < 1.29 is 4.79 Å². The summed E-state index contributed by atoms with van der Waals surface area (Å²) < 4.78 is 0. The van der Waals surface area contributed by atoms with E-state index < -0.39 is 8.07 Å². The van der Waals surface area contributed by atoms with Gasteiger partial charge in [0.2, 0.25) is 0 Å². The molecule has 0 amide bonds. The van der Waals surface area contributed by atoms with Gasteiger partial charge < -0.3 is 0 Å². The molecule has 1 unspecified atom stereocenters. The van der Waals surface area contributed by atoms with Crippen LogP contribution in [0.5, 0.6) is 0 Å². The topological polar surface area (TPSA) is 17.1 Å². The van der Waals surface area contributed by atoms with Crippen molar-refractivity contribution in [3.8, 4) is 0 Å². The molecule has 0 fully saturated rings.